The van der Waals surface area contributed by atoms with Crippen LogP contribution in [0.2, 0.25) is 0 Å². The first-order chi connectivity index (χ1) is 17.9. The van der Waals surface area contributed by atoms with Crippen LogP contribution in [0, 0.1) is 5.82 Å². The van der Waals surface area contributed by atoms with E-state index in [0.29, 0.717) is 29.1 Å². The lowest BCUT2D eigenvalue weighted by Gasteiger charge is -2.39. The maximum atomic E-state index is 14.1. The van der Waals surface area contributed by atoms with E-state index in [2.05, 4.69) is 10.4 Å². The fraction of sp³-hybridized carbons (Fsp3) is 0.423. The highest BCUT2D eigenvalue weighted by molar-refractivity contribution is 7.90. The van der Waals surface area contributed by atoms with Gasteiger partial charge in [-0.15, -0.1) is 0 Å². The van der Waals surface area contributed by atoms with Gasteiger partial charge in [0, 0.05) is 12.3 Å². The van der Waals surface area contributed by atoms with Gasteiger partial charge in [0.25, 0.3) is 0 Å². The van der Waals surface area contributed by atoms with Crippen molar-refractivity contribution in [3.8, 4) is 11.4 Å². The Morgan fingerprint density at radius 2 is 1.89 bits per heavy atom. The number of fused-ring (bicyclic) bond motifs is 1. The summed E-state index contributed by atoms with van der Waals surface area (Å²) < 4.78 is 86.7. The fourth-order valence-electron chi connectivity index (χ4n) is 4.87. The summed E-state index contributed by atoms with van der Waals surface area (Å²) >= 11 is 0. The molecule has 1 N–H and O–H groups in total. The van der Waals surface area contributed by atoms with Crippen LogP contribution < -0.4 is 15.0 Å². The van der Waals surface area contributed by atoms with Crippen molar-refractivity contribution in [3.63, 3.8) is 0 Å². The van der Waals surface area contributed by atoms with Gasteiger partial charge < -0.3 is 9.64 Å². The molecular weight excluding hydrogens is 524 g/mol. The zero-order valence-corrected chi connectivity index (χ0v) is 22.1. The second-order valence-corrected chi connectivity index (χ2v) is 11.3. The van der Waals surface area contributed by atoms with E-state index in [1.165, 1.54) is 48.5 Å². The molecule has 7 nitrogen and oxygen atoms in total. The molecular formula is C26H30F4N4O3S. The molecule has 0 bridgehead atoms. The lowest BCUT2D eigenvalue weighted by molar-refractivity contribution is -0.151. The average Bonchev–Trinajstić information content (AvgIpc) is 3.29. The Morgan fingerprint density at radius 3 is 2.50 bits per heavy atom. The number of rotatable bonds is 9. The van der Waals surface area contributed by atoms with Gasteiger partial charge in [-0.05, 0) is 61.2 Å². The first kappa shape index (κ1) is 27.9. The quantitative estimate of drug-likeness (QED) is 0.367. The Bertz CT molecular complexity index is 1370. The number of anilines is 1. The number of benzene rings is 2. The number of hydrogen-bond acceptors (Lipinski definition) is 6. The fourth-order valence-corrected chi connectivity index (χ4v) is 5.69. The summed E-state index contributed by atoms with van der Waals surface area (Å²) in [5, 5.41) is 7.58. The van der Waals surface area contributed by atoms with Gasteiger partial charge in [0.15, 0.2) is 9.84 Å². The summed E-state index contributed by atoms with van der Waals surface area (Å²) in [5.74, 6) is -0.234. The number of ether oxygens (including phenoxy) is 1. The first-order valence-corrected chi connectivity index (χ1v) is 14.1. The number of alkyl halides is 3. The van der Waals surface area contributed by atoms with Crippen molar-refractivity contribution in [1.82, 2.24) is 15.1 Å². The van der Waals surface area contributed by atoms with Gasteiger partial charge in [-0.3, -0.25) is 5.32 Å². The van der Waals surface area contributed by atoms with Crippen molar-refractivity contribution in [1.29, 1.82) is 0 Å². The van der Waals surface area contributed by atoms with Crippen molar-refractivity contribution in [2.45, 2.75) is 55.8 Å². The topological polar surface area (TPSA) is 76.5 Å². The normalized spacial score (nSPS) is 16.8. The van der Waals surface area contributed by atoms with Gasteiger partial charge in [-0.2, -0.15) is 18.3 Å². The Balaban J connectivity index is 1.65. The zero-order valence-electron chi connectivity index (χ0n) is 21.3. The molecule has 12 heteroatoms. The smallest absolute Gasteiger partial charge is 0.408 e. The second kappa shape index (κ2) is 10.9. The molecule has 1 aliphatic rings. The largest absolute Gasteiger partial charge is 0.495 e. The number of sulfone groups is 1. The monoisotopic (exact) mass is 554 g/mol. The Labute approximate surface area is 219 Å². The third-order valence-electron chi connectivity index (χ3n) is 6.71. The predicted molar refractivity (Wildman–Crippen MR) is 136 cm³/mol. The Hall–Kier alpha value is -3.12. The molecule has 4 rings (SSSR count). The highest BCUT2D eigenvalue weighted by Gasteiger charge is 2.46. The molecule has 0 fully saturated rings. The lowest BCUT2D eigenvalue weighted by Crippen LogP contribution is -2.52. The number of methoxy groups -OCH3 is 1. The number of nitrogens with one attached hydrogen (secondary N) is 1. The first-order valence-electron chi connectivity index (χ1n) is 12.2. The Morgan fingerprint density at radius 1 is 1.18 bits per heavy atom. The van der Waals surface area contributed by atoms with E-state index < -0.39 is 27.9 Å². The molecule has 0 saturated heterocycles. The van der Waals surface area contributed by atoms with Gasteiger partial charge in [-0.25, -0.2) is 17.5 Å². The third-order valence-corrected chi connectivity index (χ3v) is 7.85. The van der Waals surface area contributed by atoms with Crippen LogP contribution in [-0.4, -0.2) is 50.5 Å². The molecule has 2 heterocycles. The molecule has 0 amide bonds. The summed E-state index contributed by atoms with van der Waals surface area (Å²) in [5.41, 5.74) is 2.24. The lowest BCUT2D eigenvalue weighted by atomic mass is 10.00. The van der Waals surface area contributed by atoms with Crippen LogP contribution in [0.4, 0.5) is 23.2 Å². The molecule has 2 atom stereocenters. The number of hydrogen-bond donors (Lipinski definition) is 1. The average molecular weight is 555 g/mol. The number of nitrogens with zero attached hydrogens (tertiary/aromatic N) is 3. The van der Waals surface area contributed by atoms with Crippen LogP contribution in [0.25, 0.3) is 5.69 Å². The maximum absolute atomic E-state index is 14.1. The van der Waals surface area contributed by atoms with E-state index in [1.54, 1.807) is 16.8 Å². The van der Waals surface area contributed by atoms with Crippen LogP contribution >= 0.6 is 0 Å². The Kier molecular flexibility index (Phi) is 8.03. The van der Waals surface area contributed by atoms with E-state index in [0.717, 1.165) is 12.7 Å². The molecule has 0 saturated carbocycles. The van der Waals surface area contributed by atoms with Gasteiger partial charge in [0.05, 0.1) is 37.0 Å². The highest BCUT2D eigenvalue weighted by atomic mass is 32.2. The van der Waals surface area contributed by atoms with E-state index in [-0.39, 0.29) is 36.2 Å². The summed E-state index contributed by atoms with van der Waals surface area (Å²) in [6.07, 6.45) is -0.604. The standard InChI is InChI=1S/C26H30F4N4O3S/c1-4-5-20(17-6-12-24(38(3,35)36)23(14-17)37-2)31-16-33-22-15-32-34(19-9-7-18(27)8-10-19)21(22)11-13-25(33)26(28,29)30/h6-10,12,14-15,20,25,31H,4-5,11,13,16H2,1-3H3. The second-order valence-electron chi connectivity index (χ2n) is 9.32. The minimum Gasteiger partial charge on any atom is -0.495 e. The number of halogens is 4. The minimum atomic E-state index is -4.46. The molecule has 206 valence electrons. The third kappa shape index (κ3) is 5.80. The molecule has 2 aromatic carbocycles. The molecule has 0 radical (unpaired) electrons. The van der Waals surface area contributed by atoms with Crippen LogP contribution in [0.5, 0.6) is 5.75 Å². The van der Waals surface area contributed by atoms with E-state index in [4.69, 9.17) is 4.74 Å². The summed E-state index contributed by atoms with van der Waals surface area (Å²) in [4.78, 5) is 1.32. The van der Waals surface area contributed by atoms with E-state index in [1.807, 2.05) is 6.92 Å². The van der Waals surface area contributed by atoms with Crippen molar-refractivity contribution in [3.05, 3.63) is 65.7 Å². The van der Waals surface area contributed by atoms with Crippen LogP contribution in [0.3, 0.4) is 0 Å². The van der Waals surface area contributed by atoms with E-state index >= 15 is 0 Å². The van der Waals surface area contributed by atoms with Crippen LogP contribution in [0.15, 0.2) is 53.6 Å². The predicted octanol–water partition coefficient (Wildman–Crippen LogP) is 5.20. The van der Waals surface area contributed by atoms with Crippen molar-refractivity contribution in [2.75, 3.05) is 24.9 Å². The SMILES string of the molecule is CCCC(NCN1c2cnn(-c3ccc(F)cc3)c2CCC1C(F)(F)F)c1ccc(S(C)(=O)=O)c(OC)c1. The summed E-state index contributed by atoms with van der Waals surface area (Å²) in [7, 11) is -2.15. The molecule has 2 unspecified atom stereocenters. The molecule has 1 aromatic heterocycles. The van der Waals surface area contributed by atoms with Crippen molar-refractivity contribution in [2.24, 2.45) is 0 Å². The van der Waals surface area contributed by atoms with Gasteiger partial charge in [-0.1, -0.05) is 19.4 Å². The van der Waals surface area contributed by atoms with Gasteiger partial charge >= 0.3 is 6.18 Å². The highest BCUT2D eigenvalue weighted by Crippen LogP contribution is 2.39. The summed E-state index contributed by atoms with van der Waals surface area (Å²) in [6, 6.07) is 8.29. The van der Waals surface area contributed by atoms with Crippen LogP contribution in [0.1, 0.15) is 43.5 Å². The molecule has 38 heavy (non-hydrogen) atoms. The molecule has 0 spiro atoms. The zero-order chi connectivity index (χ0) is 27.7. The van der Waals surface area contributed by atoms with Crippen molar-refractivity contribution >= 4 is 15.5 Å². The summed E-state index contributed by atoms with van der Waals surface area (Å²) in [6.45, 7) is 1.84. The maximum Gasteiger partial charge on any atom is 0.408 e. The van der Waals surface area contributed by atoms with Gasteiger partial charge in [0.2, 0.25) is 0 Å². The van der Waals surface area contributed by atoms with Crippen LogP contribution in [-0.2, 0) is 16.3 Å². The minimum absolute atomic E-state index is 0.0463. The van der Waals surface area contributed by atoms with Crippen molar-refractivity contribution < 1.29 is 30.7 Å². The van der Waals surface area contributed by atoms with Gasteiger partial charge in [0.1, 0.15) is 22.5 Å². The molecule has 0 aliphatic carbocycles. The molecule has 1 aliphatic heterocycles. The molecule has 3 aromatic rings. The number of aromatic nitrogens is 2. The van der Waals surface area contributed by atoms with E-state index in [9.17, 15) is 26.0 Å².